The number of hydrogen-bond donors (Lipinski definition) is 3. The van der Waals surface area contributed by atoms with Crippen LogP contribution in [0.4, 0.5) is 0 Å². The number of aromatic nitrogens is 1. The standard InChI is InChI=1S/C8H13NO2/c1-3-5(2)6-4-7(10)9-8(6)11/h4-5,9-11H,3H2,1-2H3. The summed E-state index contributed by atoms with van der Waals surface area (Å²) in [4.78, 5) is 2.43. The highest BCUT2D eigenvalue weighted by atomic mass is 16.3. The van der Waals surface area contributed by atoms with Crippen molar-refractivity contribution in [2.24, 2.45) is 0 Å². The summed E-state index contributed by atoms with van der Waals surface area (Å²) in [5.74, 6) is 0.391. The molecular weight excluding hydrogens is 142 g/mol. The molecule has 1 aromatic heterocycles. The monoisotopic (exact) mass is 155 g/mol. The largest absolute Gasteiger partial charge is 0.495 e. The molecule has 11 heavy (non-hydrogen) atoms. The van der Waals surface area contributed by atoms with Crippen molar-refractivity contribution >= 4 is 0 Å². The van der Waals surface area contributed by atoms with E-state index in [1.165, 1.54) is 0 Å². The SMILES string of the molecule is CCC(C)c1cc(O)[nH]c1O. The molecule has 1 atom stereocenters. The van der Waals surface area contributed by atoms with Gasteiger partial charge >= 0.3 is 0 Å². The van der Waals surface area contributed by atoms with Gasteiger partial charge in [-0.3, -0.25) is 4.98 Å². The quantitative estimate of drug-likeness (QED) is 0.611. The van der Waals surface area contributed by atoms with Crippen LogP contribution in [-0.4, -0.2) is 15.2 Å². The van der Waals surface area contributed by atoms with Crippen molar-refractivity contribution in [3.63, 3.8) is 0 Å². The first-order valence-electron chi connectivity index (χ1n) is 3.76. The highest BCUT2D eigenvalue weighted by molar-refractivity contribution is 5.35. The lowest BCUT2D eigenvalue weighted by Gasteiger charge is -2.04. The van der Waals surface area contributed by atoms with Crippen LogP contribution in [0, 0.1) is 0 Å². The van der Waals surface area contributed by atoms with Crippen LogP contribution in [0.15, 0.2) is 6.07 Å². The number of nitrogens with one attached hydrogen (secondary N) is 1. The second-order valence-electron chi connectivity index (χ2n) is 2.77. The van der Waals surface area contributed by atoms with E-state index >= 15 is 0 Å². The molecule has 1 heterocycles. The first kappa shape index (κ1) is 7.98. The molecule has 1 aromatic rings. The molecule has 0 aliphatic rings. The van der Waals surface area contributed by atoms with Gasteiger partial charge in [-0.15, -0.1) is 0 Å². The van der Waals surface area contributed by atoms with Gasteiger partial charge in [-0.1, -0.05) is 13.8 Å². The van der Waals surface area contributed by atoms with Gasteiger partial charge in [0.05, 0.1) is 0 Å². The van der Waals surface area contributed by atoms with Gasteiger partial charge in [-0.05, 0) is 12.3 Å². The Bertz CT molecular complexity index is 242. The van der Waals surface area contributed by atoms with Gasteiger partial charge in [0.25, 0.3) is 0 Å². The van der Waals surface area contributed by atoms with Crippen LogP contribution in [0.1, 0.15) is 31.7 Å². The third kappa shape index (κ3) is 1.48. The lowest BCUT2D eigenvalue weighted by atomic mass is 10.0. The van der Waals surface area contributed by atoms with Crippen molar-refractivity contribution in [3.8, 4) is 11.8 Å². The van der Waals surface area contributed by atoms with Gasteiger partial charge in [0.1, 0.15) is 0 Å². The molecule has 3 nitrogen and oxygen atoms in total. The third-order valence-electron chi connectivity index (χ3n) is 1.96. The fourth-order valence-corrected chi connectivity index (χ4v) is 1.04. The Hall–Kier alpha value is -1.12. The van der Waals surface area contributed by atoms with Gasteiger partial charge in [0.2, 0.25) is 0 Å². The number of rotatable bonds is 2. The molecule has 0 radical (unpaired) electrons. The molecule has 0 amide bonds. The smallest absolute Gasteiger partial charge is 0.194 e. The Labute approximate surface area is 65.7 Å². The summed E-state index contributed by atoms with van der Waals surface area (Å²) in [5, 5.41) is 18.2. The van der Waals surface area contributed by atoms with Crippen molar-refractivity contribution in [2.45, 2.75) is 26.2 Å². The van der Waals surface area contributed by atoms with Crippen LogP contribution in [0.3, 0.4) is 0 Å². The van der Waals surface area contributed by atoms with Gasteiger partial charge in [0.15, 0.2) is 11.8 Å². The molecular formula is C8H13NO2. The van der Waals surface area contributed by atoms with Crippen LogP contribution in [0.5, 0.6) is 11.8 Å². The molecule has 1 unspecified atom stereocenters. The van der Waals surface area contributed by atoms with Crippen LogP contribution < -0.4 is 0 Å². The molecule has 0 spiro atoms. The Kier molecular flexibility index (Phi) is 2.08. The van der Waals surface area contributed by atoms with Crippen molar-refractivity contribution in [3.05, 3.63) is 11.6 Å². The lowest BCUT2D eigenvalue weighted by Crippen LogP contribution is -1.87. The number of aromatic hydroxyl groups is 2. The number of hydrogen-bond acceptors (Lipinski definition) is 2. The minimum absolute atomic E-state index is 0.0257. The van der Waals surface area contributed by atoms with E-state index in [0.29, 0.717) is 0 Å². The summed E-state index contributed by atoms with van der Waals surface area (Å²) >= 11 is 0. The molecule has 3 heteroatoms. The summed E-state index contributed by atoms with van der Waals surface area (Å²) in [6.45, 7) is 4.04. The fraction of sp³-hybridized carbons (Fsp3) is 0.500. The molecule has 0 aromatic carbocycles. The van der Waals surface area contributed by atoms with Crippen molar-refractivity contribution in [1.82, 2.24) is 4.98 Å². The van der Waals surface area contributed by atoms with Crippen molar-refractivity contribution in [2.75, 3.05) is 0 Å². The minimum atomic E-state index is 0.0257. The number of H-pyrrole nitrogens is 1. The number of aromatic amines is 1. The predicted molar refractivity (Wildman–Crippen MR) is 42.8 cm³/mol. The Morgan fingerprint density at radius 3 is 2.55 bits per heavy atom. The maximum atomic E-state index is 9.22. The minimum Gasteiger partial charge on any atom is -0.495 e. The average molecular weight is 155 g/mol. The molecule has 1 rings (SSSR count). The van der Waals surface area contributed by atoms with E-state index in [4.69, 9.17) is 5.11 Å². The Morgan fingerprint density at radius 1 is 1.55 bits per heavy atom. The van der Waals surface area contributed by atoms with Gasteiger partial charge in [-0.25, -0.2) is 0 Å². The van der Waals surface area contributed by atoms with Crippen molar-refractivity contribution < 1.29 is 10.2 Å². The van der Waals surface area contributed by atoms with E-state index in [1.54, 1.807) is 6.07 Å². The van der Waals surface area contributed by atoms with Crippen LogP contribution in [-0.2, 0) is 0 Å². The molecule has 3 N–H and O–H groups in total. The van der Waals surface area contributed by atoms with E-state index in [-0.39, 0.29) is 17.7 Å². The molecule has 0 fully saturated rings. The van der Waals surface area contributed by atoms with Gasteiger partial charge < -0.3 is 10.2 Å². The molecule has 0 saturated carbocycles. The fourth-order valence-electron chi connectivity index (χ4n) is 1.04. The zero-order chi connectivity index (χ0) is 8.43. The first-order chi connectivity index (χ1) is 5.15. The highest BCUT2D eigenvalue weighted by Crippen LogP contribution is 2.30. The van der Waals surface area contributed by atoms with Crippen molar-refractivity contribution in [1.29, 1.82) is 0 Å². The summed E-state index contributed by atoms with van der Waals surface area (Å²) in [5.41, 5.74) is 0.782. The maximum absolute atomic E-state index is 9.22. The predicted octanol–water partition coefficient (Wildman–Crippen LogP) is 1.94. The second kappa shape index (κ2) is 2.86. The van der Waals surface area contributed by atoms with E-state index in [9.17, 15) is 5.11 Å². The zero-order valence-electron chi connectivity index (χ0n) is 6.76. The molecule has 0 bridgehead atoms. The summed E-state index contributed by atoms with van der Waals surface area (Å²) in [6, 6.07) is 1.56. The lowest BCUT2D eigenvalue weighted by molar-refractivity contribution is 0.421. The Balaban J connectivity index is 2.93. The highest BCUT2D eigenvalue weighted by Gasteiger charge is 2.11. The second-order valence-corrected chi connectivity index (χ2v) is 2.77. The molecule has 0 aliphatic heterocycles. The van der Waals surface area contributed by atoms with E-state index < -0.39 is 0 Å². The average Bonchev–Trinajstić information content (AvgIpc) is 2.28. The van der Waals surface area contributed by atoms with E-state index in [2.05, 4.69) is 4.98 Å². The maximum Gasteiger partial charge on any atom is 0.194 e. The summed E-state index contributed by atoms with van der Waals surface area (Å²) in [7, 11) is 0. The normalized spacial score (nSPS) is 13.3. The van der Waals surface area contributed by atoms with Crippen LogP contribution in [0.2, 0.25) is 0 Å². The van der Waals surface area contributed by atoms with Crippen LogP contribution >= 0.6 is 0 Å². The van der Waals surface area contributed by atoms with Gasteiger partial charge in [0, 0.05) is 11.6 Å². The topological polar surface area (TPSA) is 56.2 Å². The zero-order valence-corrected chi connectivity index (χ0v) is 6.76. The van der Waals surface area contributed by atoms with E-state index in [1.807, 2.05) is 13.8 Å². The Morgan fingerprint density at radius 2 is 2.18 bits per heavy atom. The van der Waals surface area contributed by atoms with Gasteiger partial charge in [-0.2, -0.15) is 0 Å². The molecule has 0 saturated heterocycles. The molecule has 62 valence electrons. The van der Waals surface area contributed by atoms with Crippen LogP contribution in [0.25, 0.3) is 0 Å². The van der Waals surface area contributed by atoms with E-state index in [0.717, 1.165) is 12.0 Å². The first-order valence-corrected chi connectivity index (χ1v) is 3.76. The third-order valence-corrected chi connectivity index (χ3v) is 1.96. The molecule has 0 aliphatic carbocycles. The summed E-state index contributed by atoms with van der Waals surface area (Å²) in [6.07, 6.45) is 0.949. The summed E-state index contributed by atoms with van der Waals surface area (Å²) < 4.78 is 0.